The third-order valence-corrected chi connectivity index (χ3v) is 8.79. The molecule has 1 atom stereocenters. The Labute approximate surface area is 256 Å². The van der Waals surface area contributed by atoms with Crippen LogP contribution in [0, 0.1) is 0 Å². The summed E-state index contributed by atoms with van der Waals surface area (Å²) in [5.74, 6) is -0.443. The molecule has 6 rings (SSSR count). The first-order valence-corrected chi connectivity index (χ1v) is 15.3. The molecule has 0 aliphatic rings. The molecule has 206 valence electrons. The second-order valence-corrected chi connectivity index (χ2v) is 12.0. The van der Waals surface area contributed by atoms with E-state index in [1.54, 1.807) is 24.3 Å². The third kappa shape index (κ3) is 6.55. The number of amides is 2. The van der Waals surface area contributed by atoms with Gasteiger partial charge in [-0.25, -0.2) is 4.98 Å². The zero-order valence-corrected chi connectivity index (χ0v) is 24.5. The molecule has 5 nitrogen and oxygen atoms in total. The van der Waals surface area contributed by atoms with Crippen molar-refractivity contribution in [3.8, 4) is 11.3 Å². The van der Waals surface area contributed by atoms with E-state index in [0.29, 0.717) is 21.4 Å². The SMILES string of the molecule is O=C(Nc1cccc(SC(C(=O)Nc2nc(-c3ccc4ccccc4c3)cs2)c2ccccc2)c1)c1cccc(Cl)c1. The fraction of sp³-hybridized carbons (Fsp3) is 0.0294. The van der Waals surface area contributed by atoms with Crippen LogP contribution < -0.4 is 10.6 Å². The van der Waals surface area contributed by atoms with Crippen molar-refractivity contribution in [1.29, 1.82) is 0 Å². The molecular formula is C34H24ClN3O2S2. The highest BCUT2D eigenvalue weighted by Gasteiger charge is 2.23. The average Bonchev–Trinajstić information content (AvgIpc) is 3.48. The van der Waals surface area contributed by atoms with E-state index >= 15 is 0 Å². The fourth-order valence-electron chi connectivity index (χ4n) is 4.50. The molecular weight excluding hydrogens is 582 g/mol. The zero-order valence-electron chi connectivity index (χ0n) is 22.2. The lowest BCUT2D eigenvalue weighted by Gasteiger charge is -2.17. The van der Waals surface area contributed by atoms with Gasteiger partial charge in [-0.15, -0.1) is 23.1 Å². The topological polar surface area (TPSA) is 71.1 Å². The predicted octanol–water partition coefficient (Wildman–Crippen LogP) is 9.34. The Hall–Kier alpha value is -4.43. The molecule has 6 aromatic rings. The van der Waals surface area contributed by atoms with E-state index in [1.165, 1.54) is 28.5 Å². The average molecular weight is 606 g/mol. The van der Waals surface area contributed by atoms with Crippen molar-refractivity contribution in [2.45, 2.75) is 10.1 Å². The summed E-state index contributed by atoms with van der Waals surface area (Å²) in [6.45, 7) is 0. The standard InChI is InChI=1S/C34H24ClN3O2S2/c35-27-13-6-12-26(19-27)32(39)36-28-14-7-15-29(20-28)42-31(23-9-2-1-3-10-23)33(40)38-34-37-30(21-41-34)25-17-16-22-8-4-5-11-24(22)18-25/h1-21,31H,(H,36,39)(H,37,38,40). The second kappa shape index (κ2) is 12.6. The lowest BCUT2D eigenvalue weighted by atomic mass is 10.1. The summed E-state index contributed by atoms with van der Waals surface area (Å²) in [5, 5.41) is 10.7. The van der Waals surface area contributed by atoms with E-state index in [1.807, 2.05) is 78.2 Å². The van der Waals surface area contributed by atoms with Crippen molar-refractivity contribution >= 4 is 68.1 Å². The van der Waals surface area contributed by atoms with Gasteiger partial charge in [-0.05, 0) is 58.8 Å². The van der Waals surface area contributed by atoms with Gasteiger partial charge in [0.1, 0.15) is 5.25 Å². The Balaban J connectivity index is 1.20. The normalized spacial score (nSPS) is 11.6. The van der Waals surface area contributed by atoms with E-state index in [9.17, 15) is 9.59 Å². The molecule has 0 aliphatic heterocycles. The maximum absolute atomic E-state index is 13.7. The molecule has 2 amide bonds. The number of thiazole rings is 1. The predicted molar refractivity (Wildman–Crippen MR) is 175 cm³/mol. The number of halogens is 1. The van der Waals surface area contributed by atoms with Gasteiger partial charge >= 0.3 is 0 Å². The lowest BCUT2D eigenvalue weighted by molar-refractivity contribution is -0.115. The van der Waals surface area contributed by atoms with Crippen LogP contribution in [0.15, 0.2) is 132 Å². The second-order valence-electron chi connectivity index (χ2n) is 9.49. The number of aromatic nitrogens is 1. The minimum atomic E-state index is -0.543. The number of fused-ring (bicyclic) bond motifs is 1. The maximum Gasteiger partial charge on any atom is 0.255 e. The monoisotopic (exact) mass is 605 g/mol. The molecule has 5 aromatic carbocycles. The minimum Gasteiger partial charge on any atom is -0.322 e. The Morgan fingerprint density at radius 3 is 2.38 bits per heavy atom. The van der Waals surface area contributed by atoms with Gasteiger partial charge in [0.05, 0.1) is 5.69 Å². The van der Waals surface area contributed by atoms with Crippen LogP contribution >= 0.6 is 34.7 Å². The lowest BCUT2D eigenvalue weighted by Crippen LogP contribution is -2.19. The molecule has 0 aliphatic carbocycles. The zero-order chi connectivity index (χ0) is 28.9. The highest BCUT2D eigenvalue weighted by atomic mass is 35.5. The molecule has 2 N–H and O–H groups in total. The van der Waals surface area contributed by atoms with Gasteiger partial charge in [0.25, 0.3) is 5.91 Å². The van der Waals surface area contributed by atoms with E-state index in [-0.39, 0.29) is 11.8 Å². The summed E-state index contributed by atoms with van der Waals surface area (Å²) < 4.78 is 0. The Bertz CT molecular complexity index is 1890. The van der Waals surface area contributed by atoms with Gasteiger partial charge in [-0.1, -0.05) is 90.5 Å². The van der Waals surface area contributed by atoms with Crippen molar-refractivity contribution in [2.75, 3.05) is 10.6 Å². The quantitative estimate of drug-likeness (QED) is 0.170. The van der Waals surface area contributed by atoms with Crippen molar-refractivity contribution in [2.24, 2.45) is 0 Å². The highest BCUT2D eigenvalue weighted by Crippen LogP contribution is 2.38. The fourth-order valence-corrected chi connectivity index (χ4v) is 6.50. The number of rotatable bonds is 8. The summed E-state index contributed by atoms with van der Waals surface area (Å²) >= 11 is 8.85. The molecule has 0 spiro atoms. The highest BCUT2D eigenvalue weighted by molar-refractivity contribution is 8.00. The van der Waals surface area contributed by atoms with Gasteiger partial charge in [0.2, 0.25) is 5.91 Å². The third-order valence-electron chi connectivity index (χ3n) is 6.55. The number of nitrogens with zero attached hydrogens (tertiary/aromatic N) is 1. The molecule has 0 bridgehead atoms. The molecule has 42 heavy (non-hydrogen) atoms. The number of hydrogen-bond acceptors (Lipinski definition) is 5. The first kappa shape index (κ1) is 27.7. The summed E-state index contributed by atoms with van der Waals surface area (Å²) in [6.07, 6.45) is 0. The smallest absolute Gasteiger partial charge is 0.255 e. The molecule has 0 radical (unpaired) electrons. The largest absolute Gasteiger partial charge is 0.322 e. The van der Waals surface area contributed by atoms with Crippen LogP contribution in [0.5, 0.6) is 0 Å². The van der Waals surface area contributed by atoms with Crippen molar-refractivity contribution in [3.05, 3.63) is 143 Å². The van der Waals surface area contributed by atoms with Crippen LogP contribution in [0.1, 0.15) is 21.2 Å². The molecule has 8 heteroatoms. The van der Waals surface area contributed by atoms with E-state index < -0.39 is 5.25 Å². The molecule has 1 unspecified atom stereocenters. The summed E-state index contributed by atoms with van der Waals surface area (Å²) in [4.78, 5) is 32.0. The van der Waals surface area contributed by atoms with Gasteiger partial charge in [-0.3, -0.25) is 9.59 Å². The molecule has 0 fully saturated rings. The number of nitrogens with one attached hydrogen (secondary N) is 2. The van der Waals surface area contributed by atoms with Crippen molar-refractivity contribution in [3.63, 3.8) is 0 Å². The minimum absolute atomic E-state index is 0.182. The summed E-state index contributed by atoms with van der Waals surface area (Å²) in [5.41, 5.74) is 3.76. The van der Waals surface area contributed by atoms with Crippen LogP contribution in [-0.2, 0) is 4.79 Å². The van der Waals surface area contributed by atoms with Crippen LogP contribution in [0.3, 0.4) is 0 Å². The van der Waals surface area contributed by atoms with Crippen molar-refractivity contribution in [1.82, 2.24) is 4.98 Å². The van der Waals surface area contributed by atoms with Crippen LogP contribution in [0.2, 0.25) is 5.02 Å². The first-order chi connectivity index (χ1) is 20.5. The molecule has 0 saturated heterocycles. The van der Waals surface area contributed by atoms with Crippen LogP contribution in [-0.4, -0.2) is 16.8 Å². The van der Waals surface area contributed by atoms with Crippen molar-refractivity contribution < 1.29 is 9.59 Å². The molecule has 0 saturated carbocycles. The molecule has 1 heterocycles. The van der Waals surface area contributed by atoms with Gasteiger partial charge in [-0.2, -0.15) is 0 Å². The molecule has 1 aromatic heterocycles. The van der Waals surface area contributed by atoms with Crippen LogP contribution in [0.4, 0.5) is 10.8 Å². The van der Waals surface area contributed by atoms with Gasteiger partial charge in [0, 0.05) is 32.1 Å². The number of carbonyl (C=O) groups excluding carboxylic acids is 2. The van der Waals surface area contributed by atoms with E-state index in [2.05, 4.69) is 34.9 Å². The number of hydrogen-bond donors (Lipinski definition) is 2. The van der Waals surface area contributed by atoms with Gasteiger partial charge in [0.15, 0.2) is 5.13 Å². The van der Waals surface area contributed by atoms with E-state index in [4.69, 9.17) is 16.6 Å². The number of carbonyl (C=O) groups is 2. The Morgan fingerprint density at radius 1 is 0.762 bits per heavy atom. The summed E-state index contributed by atoms with van der Waals surface area (Å²) in [6, 6.07) is 38.3. The first-order valence-electron chi connectivity index (χ1n) is 13.2. The summed E-state index contributed by atoms with van der Waals surface area (Å²) in [7, 11) is 0. The number of thioether (sulfide) groups is 1. The Morgan fingerprint density at radius 2 is 1.55 bits per heavy atom. The number of anilines is 2. The Kier molecular flexibility index (Phi) is 8.33. The van der Waals surface area contributed by atoms with E-state index in [0.717, 1.165) is 27.1 Å². The number of benzene rings is 5. The van der Waals surface area contributed by atoms with Crippen LogP contribution in [0.25, 0.3) is 22.0 Å². The van der Waals surface area contributed by atoms with Gasteiger partial charge < -0.3 is 10.6 Å². The maximum atomic E-state index is 13.7.